The molecule has 0 spiro atoms. The van der Waals surface area contributed by atoms with Crippen LogP contribution in [0.15, 0.2) is 65.6 Å². The topological polar surface area (TPSA) is 12.9 Å². The SMILES string of the molecule is Sc1ccc(C=Cc2ccc3ccccc3n2)cc1. The lowest BCUT2D eigenvalue weighted by molar-refractivity contribution is 1.37. The van der Waals surface area contributed by atoms with Crippen molar-refractivity contribution in [2.75, 3.05) is 0 Å². The Morgan fingerprint density at radius 3 is 2.42 bits per heavy atom. The lowest BCUT2D eigenvalue weighted by Gasteiger charge is -1.98. The monoisotopic (exact) mass is 263 g/mol. The normalized spacial score (nSPS) is 11.2. The molecular weight excluding hydrogens is 250 g/mol. The van der Waals surface area contributed by atoms with E-state index in [-0.39, 0.29) is 0 Å². The number of nitrogens with zero attached hydrogens (tertiary/aromatic N) is 1. The summed E-state index contributed by atoms with van der Waals surface area (Å²) in [4.78, 5) is 5.58. The summed E-state index contributed by atoms with van der Waals surface area (Å²) < 4.78 is 0. The van der Waals surface area contributed by atoms with Crippen LogP contribution in [0.4, 0.5) is 0 Å². The van der Waals surface area contributed by atoms with Crippen molar-refractivity contribution in [3.05, 3.63) is 71.9 Å². The van der Waals surface area contributed by atoms with Crippen molar-refractivity contribution in [1.82, 2.24) is 4.98 Å². The molecule has 0 unspecified atom stereocenters. The Hall–Kier alpha value is -2.06. The first-order valence-corrected chi connectivity index (χ1v) is 6.59. The van der Waals surface area contributed by atoms with Gasteiger partial charge >= 0.3 is 0 Å². The maximum Gasteiger partial charge on any atom is 0.0709 e. The smallest absolute Gasteiger partial charge is 0.0709 e. The lowest BCUT2D eigenvalue weighted by Crippen LogP contribution is -1.82. The molecule has 19 heavy (non-hydrogen) atoms. The number of rotatable bonds is 2. The van der Waals surface area contributed by atoms with E-state index in [1.54, 1.807) is 0 Å². The summed E-state index contributed by atoms with van der Waals surface area (Å²) in [6.07, 6.45) is 4.09. The van der Waals surface area contributed by atoms with Crippen LogP contribution in [0, 0.1) is 0 Å². The first-order valence-electron chi connectivity index (χ1n) is 6.14. The molecule has 0 bridgehead atoms. The summed E-state index contributed by atoms with van der Waals surface area (Å²) in [5.41, 5.74) is 3.14. The van der Waals surface area contributed by atoms with Crippen LogP contribution in [0.25, 0.3) is 23.1 Å². The quantitative estimate of drug-likeness (QED) is 0.662. The maximum absolute atomic E-state index is 4.61. The second kappa shape index (κ2) is 5.29. The van der Waals surface area contributed by atoms with Crippen LogP contribution in [0.1, 0.15) is 11.3 Å². The Kier molecular flexibility index (Phi) is 3.34. The predicted molar refractivity (Wildman–Crippen MR) is 84.4 cm³/mol. The van der Waals surface area contributed by atoms with Gasteiger partial charge in [0.1, 0.15) is 0 Å². The molecule has 2 aromatic carbocycles. The number of pyridine rings is 1. The number of para-hydroxylation sites is 1. The van der Waals surface area contributed by atoms with Crippen molar-refractivity contribution in [2.45, 2.75) is 4.90 Å². The first kappa shape index (κ1) is 12.0. The molecule has 0 aliphatic heterocycles. The number of thiol groups is 1. The highest BCUT2D eigenvalue weighted by Crippen LogP contribution is 2.14. The molecule has 0 amide bonds. The summed E-state index contributed by atoms with van der Waals surface area (Å²) >= 11 is 4.27. The van der Waals surface area contributed by atoms with E-state index in [4.69, 9.17) is 0 Å². The van der Waals surface area contributed by atoms with Gasteiger partial charge in [-0.2, -0.15) is 0 Å². The lowest BCUT2D eigenvalue weighted by atomic mass is 10.1. The minimum Gasteiger partial charge on any atom is -0.248 e. The Bertz CT molecular complexity index is 730. The zero-order chi connectivity index (χ0) is 13.1. The zero-order valence-corrected chi connectivity index (χ0v) is 11.2. The highest BCUT2D eigenvalue weighted by Gasteiger charge is 1.94. The predicted octanol–water partition coefficient (Wildman–Crippen LogP) is 4.69. The van der Waals surface area contributed by atoms with Gasteiger partial charge in [0.2, 0.25) is 0 Å². The second-order valence-corrected chi connectivity index (χ2v) is 4.87. The average Bonchev–Trinajstić information content (AvgIpc) is 2.46. The van der Waals surface area contributed by atoms with Crippen molar-refractivity contribution in [3.8, 4) is 0 Å². The van der Waals surface area contributed by atoms with E-state index < -0.39 is 0 Å². The minimum atomic E-state index is 0.966. The largest absolute Gasteiger partial charge is 0.248 e. The third-order valence-corrected chi connectivity index (χ3v) is 3.26. The van der Waals surface area contributed by atoms with Crippen LogP contribution in [-0.4, -0.2) is 4.98 Å². The fourth-order valence-corrected chi connectivity index (χ4v) is 2.09. The van der Waals surface area contributed by atoms with Crippen LogP contribution in [0.5, 0.6) is 0 Å². The van der Waals surface area contributed by atoms with Gasteiger partial charge in [-0.3, -0.25) is 0 Å². The van der Waals surface area contributed by atoms with Crippen LogP contribution in [0.2, 0.25) is 0 Å². The van der Waals surface area contributed by atoms with E-state index >= 15 is 0 Å². The molecule has 0 aliphatic rings. The highest BCUT2D eigenvalue weighted by molar-refractivity contribution is 7.80. The Morgan fingerprint density at radius 1 is 0.789 bits per heavy atom. The number of hydrogen-bond donors (Lipinski definition) is 1. The Morgan fingerprint density at radius 2 is 1.58 bits per heavy atom. The maximum atomic E-state index is 4.61. The Balaban J connectivity index is 1.90. The van der Waals surface area contributed by atoms with E-state index in [1.807, 2.05) is 54.6 Å². The van der Waals surface area contributed by atoms with Gasteiger partial charge in [0.05, 0.1) is 11.2 Å². The van der Waals surface area contributed by atoms with Crippen LogP contribution in [-0.2, 0) is 0 Å². The standard InChI is InChI=1S/C17H13NS/c19-16-11-6-13(7-12-16)5-9-15-10-8-14-3-1-2-4-17(14)18-15/h1-12,19H. The summed E-state index contributed by atoms with van der Waals surface area (Å²) in [6.45, 7) is 0. The van der Waals surface area contributed by atoms with E-state index in [1.165, 1.54) is 5.39 Å². The van der Waals surface area contributed by atoms with Crippen LogP contribution in [0.3, 0.4) is 0 Å². The molecule has 3 rings (SSSR count). The number of benzene rings is 2. The van der Waals surface area contributed by atoms with Gasteiger partial charge in [-0.15, -0.1) is 12.6 Å². The van der Waals surface area contributed by atoms with Crippen molar-refractivity contribution in [1.29, 1.82) is 0 Å². The van der Waals surface area contributed by atoms with Gasteiger partial charge < -0.3 is 0 Å². The second-order valence-electron chi connectivity index (χ2n) is 4.35. The number of aromatic nitrogens is 1. The van der Waals surface area contributed by atoms with Gasteiger partial charge in [-0.1, -0.05) is 42.5 Å². The first-order chi connectivity index (χ1) is 9.31. The third kappa shape index (κ3) is 2.85. The molecule has 2 heteroatoms. The fourth-order valence-electron chi connectivity index (χ4n) is 1.94. The molecule has 1 heterocycles. The van der Waals surface area contributed by atoms with Gasteiger partial charge in [-0.25, -0.2) is 4.98 Å². The molecule has 0 aliphatic carbocycles. The van der Waals surface area contributed by atoms with Gasteiger partial charge in [-0.05, 0) is 35.9 Å². The van der Waals surface area contributed by atoms with E-state index in [0.29, 0.717) is 0 Å². The molecule has 1 aromatic heterocycles. The van der Waals surface area contributed by atoms with Crippen molar-refractivity contribution >= 4 is 35.7 Å². The molecule has 92 valence electrons. The van der Waals surface area contributed by atoms with E-state index in [2.05, 4.69) is 35.8 Å². The zero-order valence-electron chi connectivity index (χ0n) is 10.3. The third-order valence-electron chi connectivity index (χ3n) is 2.96. The molecule has 0 atom stereocenters. The minimum absolute atomic E-state index is 0.966. The van der Waals surface area contributed by atoms with Gasteiger partial charge in [0.15, 0.2) is 0 Å². The Labute approximate surface area is 118 Å². The molecule has 0 radical (unpaired) electrons. The van der Waals surface area contributed by atoms with Crippen molar-refractivity contribution in [2.24, 2.45) is 0 Å². The summed E-state index contributed by atoms with van der Waals surface area (Å²) in [7, 11) is 0. The fraction of sp³-hybridized carbons (Fsp3) is 0. The summed E-state index contributed by atoms with van der Waals surface area (Å²) in [5, 5.41) is 1.17. The van der Waals surface area contributed by atoms with Crippen LogP contribution >= 0.6 is 12.6 Å². The van der Waals surface area contributed by atoms with E-state index in [0.717, 1.165) is 21.7 Å². The molecular formula is C17H13NS. The highest BCUT2D eigenvalue weighted by atomic mass is 32.1. The van der Waals surface area contributed by atoms with Crippen molar-refractivity contribution in [3.63, 3.8) is 0 Å². The molecule has 3 aromatic rings. The molecule has 0 N–H and O–H groups in total. The summed E-state index contributed by atoms with van der Waals surface area (Å²) in [6, 6.07) is 20.3. The van der Waals surface area contributed by atoms with Crippen molar-refractivity contribution < 1.29 is 0 Å². The molecule has 0 fully saturated rings. The molecule has 0 saturated carbocycles. The van der Waals surface area contributed by atoms with Crippen LogP contribution < -0.4 is 0 Å². The van der Waals surface area contributed by atoms with Gasteiger partial charge in [0.25, 0.3) is 0 Å². The average molecular weight is 263 g/mol. The van der Waals surface area contributed by atoms with E-state index in [9.17, 15) is 0 Å². The number of hydrogen-bond acceptors (Lipinski definition) is 2. The number of fused-ring (bicyclic) bond motifs is 1. The molecule has 0 saturated heterocycles. The van der Waals surface area contributed by atoms with Gasteiger partial charge in [0, 0.05) is 10.3 Å². The molecule has 1 nitrogen and oxygen atoms in total. The summed E-state index contributed by atoms with van der Waals surface area (Å²) in [5.74, 6) is 0.